The molecule has 0 aromatic rings. The monoisotopic (exact) mass is 197 g/mol. The summed E-state index contributed by atoms with van der Waals surface area (Å²) in [5, 5.41) is 3.73. The highest BCUT2D eigenvalue weighted by molar-refractivity contribution is 5.78. The maximum Gasteiger partial charge on any atom is 0.153 e. The fraction of sp³-hybridized carbons (Fsp3) is 0.364. The van der Waals surface area contributed by atoms with Crippen LogP contribution in [-0.2, 0) is 4.84 Å². The topological polar surface area (TPSA) is 21.6 Å². The molecule has 0 radical (unpaired) electrons. The molecule has 0 saturated heterocycles. The molecule has 2 nitrogen and oxygen atoms in total. The van der Waals surface area contributed by atoms with E-state index in [0.29, 0.717) is 5.76 Å². The van der Waals surface area contributed by atoms with E-state index in [9.17, 15) is 4.39 Å². The van der Waals surface area contributed by atoms with E-state index in [1.165, 1.54) is 13.0 Å². The lowest BCUT2D eigenvalue weighted by Crippen LogP contribution is -1.89. The van der Waals surface area contributed by atoms with Crippen LogP contribution in [0.1, 0.15) is 27.7 Å². The quantitative estimate of drug-likeness (QED) is 0.291. The number of hydrogen-bond acceptors (Lipinski definition) is 2. The van der Waals surface area contributed by atoms with Gasteiger partial charge >= 0.3 is 0 Å². The van der Waals surface area contributed by atoms with Crippen LogP contribution in [0.25, 0.3) is 0 Å². The molecule has 0 atom stereocenters. The molecule has 0 saturated carbocycles. The number of hydrogen-bond donors (Lipinski definition) is 0. The van der Waals surface area contributed by atoms with Gasteiger partial charge in [-0.05, 0) is 39.3 Å². The molecule has 78 valence electrons. The third-order valence-corrected chi connectivity index (χ3v) is 1.34. The first-order valence-corrected chi connectivity index (χ1v) is 4.31. The normalized spacial score (nSPS) is 12.4. The Morgan fingerprint density at radius 1 is 1.21 bits per heavy atom. The molecule has 0 amide bonds. The van der Waals surface area contributed by atoms with Crippen LogP contribution < -0.4 is 0 Å². The predicted octanol–water partition coefficient (Wildman–Crippen LogP) is 3.73. The Balaban J connectivity index is 4.33. The number of allylic oxidation sites excluding steroid dienone is 4. The van der Waals surface area contributed by atoms with E-state index < -0.39 is 0 Å². The third-order valence-electron chi connectivity index (χ3n) is 1.34. The van der Waals surface area contributed by atoms with Gasteiger partial charge in [-0.15, -0.1) is 0 Å². The molecule has 14 heavy (non-hydrogen) atoms. The van der Waals surface area contributed by atoms with E-state index in [4.69, 9.17) is 4.84 Å². The fourth-order valence-corrected chi connectivity index (χ4v) is 0.551. The van der Waals surface area contributed by atoms with Crippen LogP contribution in [0.15, 0.2) is 41.0 Å². The van der Waals surface area contributed by atoms with Crippen molar-refractivity contribution in [1.29, 1.82) is 0 Å². The summed E-state index contributed by atoms with van der Waals surface area (Å²) in [6.07, 6.45) is 2.95. The summed E-state index contributed by atoms with van der Waals surface area (Å²) in [5.41, 5.74) is 1.54. The van der Waals surface area contributed by atoms with Crippen molar-refractivity contribution in [2.45, 2.75) is 27.7 Å². The maximum atomic E-state index is 12.4. The lowest BCUT2D eigenvalue weighted by atomic mass is 10.2. The fourth-order valence-electron chi connectivity index (χ4n) is 0.551. The SMILES string of the molecule is C=C(ON=C(C)C)/C(C)=C/C=C(\C)F. The number of halogens is 1. The first-order chi connectivity index (χ1) is 6.43. The van der Waals surface area contributed by atoms with Crippen LogP contribution in [-0.4, -0.2) is 5.71 Å². The van der Waals surface area contributed by atoms with Gasteiger partial charge in [-0.1, -0.05) is 17.8 Å². The Labute approximate surface area is 84.4 Å². The van der Waals surface area contributed by atoms with E-state index in [2.05, 4.69) is 11.7 Å². The third kappa shape index (κ3) is 6.17. The molecule has 0 aromatic carbocycles. The van der Waals surface area contributed by atoms with Crippen LogP contribution in [0.3, 0.4) is 0 Å². The minimum Gasteiger partial charge on any atom is -0.357 e. The first-order valence-electron chi connectivity index (χ1n) is 4.31. The van der Waals surface area contributed by atoms with Gasteiger partial charge in [-0.3, -0.25) is 0 Å². The lowest BCUT2D eigenvalue weighted by molar-refractivity contribution is 0.237. The van der Waals surface area contributed by atoms with E-state index in [1.54, 1.807) is 13.0 Å². The highest BCUT2D eigenvalue weighted by Gasteiger charge is 1.96. The van der Waals surface area contributed by atoms with Crippen molar-refractivity contribution in [3.05, 3.63) is 35.9 Å². The Bertz CT molecular complexity index is 292. The first kappa shape index (κ1) is 12.6. The second kappa shape index (κ2) is 6.13. The average molecular weight is 197 g/mol. The van der Waals surface area contributed by atoms with Crippen molar-refractivity contribution >= 4 is 5.71 Å². The number of rotatable bonds is 4. The van der Waals surface area contributed by atoms with Gasteiger partial charge in [0.25, 0.3) is 0 Å². The summed E-state index contributed by atoms with van der Waals surface area (Å²) >= 11 is 0. The lowest BCUT2D eigenvalue weighted by Gasteiger charge is -2.02. The molecule has 0 aromatic heterocycles. The number of oxime groups is 1. The molecule has 0 aliphatic rings. The Morgan fingerprint density at radius 3 is 2.21 bits per heavy atom. The molecule has 0 heterocycles. The van der Waals surface area contributed by atoms with Crippen molar-refractivity contribution in [3.8, 4) is 0 Å². The Morgan fingerprint density at radius 2 is 1.79 bits per heavy atom. The van der Waals surface area contributed by atoms with Gasteiger partial charge in [-0.25, -0.2) is 4.39 Å². The Hall–Kier alpha value is -1.38. The molecule has 0 aliphatic heterocycles. The molecule has 0 bridgehead atoms. The zero-order valence-electron chi connectivity index (χ0n) is 9.10. The summed E-state index contributed by atoms with van der Waals surface area (Å²) in [7, 11) is 0. The van der Waals surface area contributed by atoms with Gasteiger partial charge in [0.15, 0.2) is 5.76 Å². The van der Waals surface area contributed by atoms with Crippen molar-refractivity contribution < 1.29 is 9.23 Å². The smallest absolute Gasteiger partial charge is 0.153 e. The summed E-state index contributed by atoms with van der Waals surface area (Å²) in [5.74, 6) is 0.163. The summed E-state index contributed by atoms with van der Waals surface area (Å²) in [4.78, 5) is 4.97. The van der Waals surface area contributed by atoms with Crippen molar-refractivity contribution in [2.24, 2.45) is 5.16 Å². The summed E-state index contributed by atoms with van der Waals surface area (Å²) in [6.45, 7) is 10.4. The molecule has 0 unspecified atom stereocenters. The highest BCUT2D eigenvalue weighted by Crippen LogP contribution is 2.09. The zero-order valence-corrected chi connectivity index (χ0v) is 9.10. The molecule has 0 N–H and O–H groups in total. The van der Waals surface area contributed by atoms with Crippen LogP contribution in [0.2, 0.25) is 0 Å². The van der Waals surface area contributed by atoms with Crippen molar-refractivity contribution in [2.75, 3.05) is 0 Å². The Kier molecular flexibility index (Phi) is 5.53. The van der Waals surface area contributed by atoms with Gasteiger partial charge in [0.05, 0.1) is 11.5 Å². The van der Waals surface area contributed by atoms with E-state index in [0.717, 1.165) is 11.3 Å². The minimum atomic E-state index is -0.257. The molecular formula is C11H16FNO. The highest BCUT2D eigenvalue weighted by atomic mass is 19.1. The molecule has 3 heteroatoms. The molecule has 0 fully saturated rings. The predicted molar refractivity (Wildman–Crippen MR) is 57.6 cm³/mol. The van der Waals surface area contributed by atoms with Crippen LogP contribution in [0.4, 0.5) is 4.39 Å². The molecular weight excluding hydrogens is 181 g/mol. The number of nitrogens with zero attached hydrogens (tertiary/aromatic N) is 1. The largest absolute Gasteiger partial charge is 0.357 e. The van der Waals surface area contributed by atoms with Gasteiger partial charge in [0.1, 0.15) is 0 Å². The zero-order chi connectivity index (χ0) is 11.1. The second-order valence-electron chi connectivity index (χ2n) is 3.16. The van der Waals surface area contributed by atoms with Gasteiger partial charge in [0, 0.05) is 0 Å². The van der Waals surface area contributed by atoms with E-state index in [-0.39, 0.29) is 5.83 Å². The standard InChI is InChI=1S/C11H16FNO/c1-8(2)13-14-11(5)9(3)6-7-10(4)12/h6-7H,5H2,1-4H3/b9-6+,10-7+. The summed E-state index contributed by atoms with van der Waals surface area (Å²) in [6, 6.07) is 0. The van der Waals surface area contributed by atoms with Gasteiger partial charge < -0.3 is 4.84 Å². The summed E-state index contributed by atoms with van der Waals surface area (Å²) < 4.78 is 12.4. The van der Waals surface area contributed by atoms with Gasteiger partial charge in [-0.2, -0.15) is 0 Å². The average Bonchev–Trinajstić information content (AvgIpc) is 2.09. The van der Waals surface area contributed by atoms with E-state index in [1.807, 2.05) is 13.8 Å². The van der Waals surface area contributed by atoms with E-state index >= 15 is 0 Å². The maximum absolute atomic E-state index is 12.4. The van der Waals surface area contributed by atoms with Crippen LogP contribution >= 0.6 is 0 Å². The second-order valence-corrected chi connectivity index (χ2v) is 3.16. The molecule has 0 spiro atoms. The van der Waals surface area contributed by atoms with Crippen LogP contribution in [0.5, 0.6) is 0 Å². The molecule has 0 rings (SSSR count). The minimum absolute atomic E-state index is 0.257. The van der Waals surface area contributed by atoms with Crippen molar-refractivity contribution in [3.63, 3.8) is 0 Å². The molecule has 0 aliphatic carbocycles. The van der Waals surface area contributed by atoms with Crippen LogP contribution in [0, 0.1) is 0 Å². The van der Waals surface area contributed by atoms with Gasteiger partial charge in [0.2, 0.25) is 0 Å². The van der Waals surface area contributed by atoms with Crippen molar-refractivity contribution in [1.82, 2.24) is 0 Å².